The van der Waals surface area contributed by atoms with Gasteiger partial charge >= 0.3 is 0 Å². The number of amides is 1. The molecule has 6 aliphatic carbocycles. The maximum absolute atomic E-state index is 13.1. The number of halogens is 6. The maximum Gasteiger partial charge on any atom is 0.271 e. The van der Waals surface area contributed by atoms with Crippen molar-refractivity contribution in [2.75, 3.05) is 19.5 Å². The highest BCUT2D eigenvalue weighted by atomic mass is 79.9. The quantitative estimate of drug-likeness (QED) is 0.0413. The lowest BCUT2D eigenvalue weighted by molar-refractivity contribution is 0.0922. The third kappa shape index (κ3) is 23.2. The van der Waals surface area contributed by atoms with Crippen molar-refractivity contribution < 1.29 is 105 Å². The standard InChI is InChI=1S/C25H18ClNO5.C22H15NO2.C16H9BrClNO4S.C16H10ClNO4S.C15H10ClNO4S2.C14H8ClNO4S2/c1-31-16-7-5-6-14(12-16)19-13-15(10-11-20(19)32-2)25(30)27-22-21(26)23(28)17-8-3-4-9-18(17)24(22)29;24-21-17-13-7-8-14-18(17)22(25)20(23-16-11-5-2-6-12-16)19(21)15-9-3-1-4-10-15;17-9-5-7-10(8-6-9)24(22,23)19-14-13(18)15(20)11-3-1-2-4-12(11)16(14)21;17-13-14(18-23(21,22)10-6-2-1-3-7-10)16(20)12-9-5-4-8-11(12)15(13)19;1-8-6-7-11(22-8)23(20,21)17-13-12(16)14(18)9-4-2-3-5-10(9)15(13)19;15-11-12(16-22(19,20)10-6-3-7-21-10)14(18)9-5-2-1-4-8(9)13(11)17/h3-13H,1-2H3,(H,27,30);1-14,23H;1-8,19H;1-9,18H;2-7,17H,1H3;1-7,16H. The van der Waals surface area contributed by atoms with Crippen LogP contribution in [0.2, 0.25) is 0 Å². The van der Waals surface area contributed by atoms with Crippen molar-refractivity contribution in [3.05, 3.63) is 480 Å². The monoisotopic (exact) mass is 2260 g/mol. The second-order valence-electron chi connectivity index (χ2n) is 31.9. The van der Waals surface area contributed by atoms with E-state index in [2.05, 4.69) is 45.5 Å². The number of aryl methyl sites for hydroxylation is 1. The minimum absolute atomic E-state index is 0.0311. The number of ether oxygens (including phenoxy) is 2. The number of hydrogen-bond donors (Lipinski definition) is 6. The lowest BCUT2D eigenvalue weighted by atomic mass is 9.84. The Morgan fingerprint density at radius 3 is 1.01 bits per heavy atom. The third-order valence-electron chi connectivity index (χ3n) is 22.5. The molecule has 6 N–H and O–H groups in total. The van der Waals surface area contributed by atoms with Gasteiger partial charge in [0.15, 0.2) is 5.78 Å². The average molecular weight is 2270 g/mol. The Balaban J connectivity index is 0.000000134. The van der Waals surface area contributed by atoms with Crippen LogP contribution in [0.3, 0.4) is 0 Å². The molecule has 6 aliphatic rings. The van der Waals surface area contributed by atoms with Gasteiger partial charge in [-0.2, -0.15) is 0 Å². The summed E-state index contributed by atoms with van der Waals surface area (Å²) in [6.07, 6.45) is 0. The lowest BCUT2D eigenvalue weighted by Gasteiger charge is -2.22. The molecule has 748 valence electrons. The number of ketones is 12. The van der Waals surface area contributed by atoms with Gasteiger partial charge in [-0.3, -0.25) is 81.2 Å². The van der Waals surface area contributed by atoms with Crippen LogP contribution in [0, 0.1) is 6.92 Å². The predicted octanol–water partition coefficient (Wildman–Crippen LogP) is 20.4. The molecule has 41 heteroatoms. The number of sulfonamides is 4. The van der Waals surface area contributed by atoms with Crippen LogP contribution in [0.4, 0.5) is 5.69 Å². The van der Waals surface area contributed by atoms with Gasteiger partial charge in [0, 0.05) is 92.9 Å². The molecule has 2 aromatic heterocycles. The number of Topliss-reactive ketones (excluding diaryl/α,β-unsaturated/α-hetero) is 12. The summed E-state index contributed by atoms with van der Waals surface area (Å²) < 4.78 is 119. The van der Waals surface area contributed by atoms with Crippen molar-refractivity contribution >= 4 is 223 Å². The number of carbonyl (C=O) groups is 13. The van der Waals surface area contributed by atoms with E-state index in [0.717, 1.165) is 44.4 Å². The molecule has 149 heavy (non-hydrogen) atoms. The number of methoxy groups -OCH3 is 2. The summed E-state index contributed by atoms with van der Waals surface area (Å²) >= 11 is 35.2. The first-order valence-electron chi connectivity index (χ1n) is 43.5. The molecule has 0 spiro atoms. The fourth-order valence-corrected chi connectivity index (χ4v) is 23.5. The van der Waals surface area contributed by atoms with Crippen molar-refractivity contribution in [1.29, 1.82) is 0 Å². The Hall–Kier alpha value is -15.7. The average Bonchev–Trinajstić information content (AvgIpc) is 1.39. The molecule has 12 aromatic carbocycles. The van der Waals surface area contributed by atoms with E-state index >= 15 is 0 Å². The molecule has 0 saturated heterocycles. The number of nitrogens with one attached hydrogen (secondary N) is 6. The molecular formula is C108H70BrCl5N6O23S6. The summed E-state index contributed by atoms with van der Waals surface area (Å²) in [5.74, 6) is -5.57. The second kappa shape index (κ2) is 45.8. The van der Waals surface area contributed by atoms with E-state index in [9.17, 15) is 96.0 Å². The van der Waals surface area contributed by atoms with Gasteiger partial charge in [-0.1, -0.05) is 304 Å². The molecule has 2 heterocycles. The topological polar surface area (TPSA) is 449 Å². The number of hydrogen-bond acceptors (Lipinski definition) is 26. The highest BCUT2D eigenvalue weighted by Crippen LogP contribution is 2.40. The zero-order valence-electron chi connectivity index (χ0n) is 76.9. The third-order valence-corrected chi connectivity index (χ3v) is 33.1. The van der Waals surface area contributed by atoms with Gasteiger partial charge in [0.25, 0.3) is 46.0 Å². The number of thiophene rings is 2. The Morgan fingerprint density at radius 1 is 0.295 bits per heavy atom. The highest BCUT2D eigenvalue weighted by molar-refractivity contribution is 9.10. The normalized spacial score (nSPS) is 14.2. The summed E-state index contributed by atoms with van der Waals surface area (Å²) in [7, 11) is -12.9. The van der Waals surface area contributed by atoms with E-state index < -0.39 is 147 Å². The molecular weight excluding hydrogens is 2200 g/mol. The number of anilines is 1. The van der Waals surface area contributed by atoms with E-state index in [1.807, 2.05) is 84.9 Å². The predicted molar refractivity (Wildman–Crippen MR) is 566 cm³/mol. The first-order valence-corrected chi connectivity index (χ1v) is 53.8. The van der Waals surface area contributed by atoms with Crippen molar-refractivity contribution in [3.63, 3.8) is 0 Å². The Labute approximate surface area is 892 Å². The van der Waals surface area contributed by atoms with Gasteiger partial charge in [0.2, 0.25) is 63.6 Å². The number of allylic oxidation sites excluding steroid dienone is 12. The lowest BCUT2D eigenvalue weighted by Crippen LogP contribution is -2.33. The fraction of sp³-hybridized carbons (Fsp3) is 0.0278. The number of carbonyl (C=O) groups excluding carboxylic acids is 13. The van der Waals surface area contributed by atoms with Crippen molar-refractivity contribution in [1.82, 2.24) is 24.2 Å². The number of benzene rings is 12. The molecule has 0 fully saturated rings. The van der Waals surface area contributed by atoms with Crippen molar-refractivity contribution in [2.24, 2.45) is 0 Å². The summed E-state index contributed by atoms with van der Waals surface area (Å²) in [5, 5.41) is 5.22. The first kappa shape index (κ1) is 108. The summed E-state index contributed by atoms with van der Waals surface area (Å²) in [5.41, 5.74) is 4.41. The van der Waals surface area contributed by atoms with Gasteiger partial charge in [-0.25, -0.2) is 33.7 Å². The van der Waals surface area contributed by atoms with E-state index in [-0.39, 0.29) is 102 Å². The minimum Gasteiger partial charge on any atom is -0.497 e. The second-order valence-corrected chi connectivity index (χ2v) is 44.1. The van der Waals surface area contributed by atoms with Crippen molar-refractivity contribution in [2.45, 2.75) is 25.1 Å². The SMILES string of the molecule is COc1cccc(-c2cc(C(=O)NC3=C(Cl)C(=O)c4ccccc4C3=O)ccc2OC)c1.Cc1ccc(S(=O)(=O)NC2=C(Cl)C(=O)c3ccccc3C2=O)s1.O=C1C(Cl)=C(NS(=O)(=O)c2ccc(Br)cc2)C(=O)c2ccccc21.O=C1C(Cl)=C(NS(=O)(=O)c2ccccc2)C(=O)c2ccccc21.O=C1C(Cl)=C(NS(=O)(=O)c2cccs2)C(=O)c2ccccc21.O=C1C(Nc2ccccc2)=C(c2ccccc2)C(=O)c2ccccc21. The molecule has 0 saturated carbocycles. The van der Waals surface area contributed by atoms with Crippen LogP contribution < -0.4 is 39.0 Å². The van der Waals surface area contributed by atoms with Gasteiger partial charge in [0.1, 0.15) is 73.6 Å². The van der Waals surface area contributed by atoms with Gasteiger partial charge in [0.05, 0.1) is 35.3 Å². The van der Waals surface area contributed by atoms with Crippen LogP contribution in [-0.2, 0) is 40.1 Å². The van der Waals surface area contributed by atoms with Crippen LogP contribution in [-0.4, -0.2) is 123 Å². The summed E-state index contributed by atoms with van der Waals surface area (Å²) in [6, 6.07) is 88.1. The molecule has 14 aromatic rings. The molecule has 29 nitrogen and oxygen atoms in total. The summed E-state index contributed by atoms with van der Waals surface area (Å²) in [4.78, 5) is 164. The van der Waals surface area contributed by atoms with Crippen LogP contribution in [0.1, 0.15) is 145 Å². The fourth-order valence-electron chi connectivity index (χ4n) is 15.2. The molecule has 20 rings (SSSR count). The summed E-state index contributed by atoms with van der Waals surface area (Å²) in [6.45, 7) is 1.77. The van der Waals surface area contributed by atoms with Crippen LogP contribution in [0.25, 0.3) is 16.7 Å². The number of rotatable bonds is 20. The van der Waals surface area contributed by atoms with E-state index in [1.165, 1.54) is 104 Å². The van der Waals surface area contributed by atoms with Crippen molar-refractivity contribution in [3.8, 4) is 22.6 Å². The van der Waals surface area contributed by atoms with E-state index in [4.69, 9.17) is 67.5 Å². The van der Waals surface area contributed by atoms with Crippen LogP contribution in [0.5, 0.6) is 11.5 Å². The number of para-hydroxylation sites is 1. The maximum atomic E-state index is 13.1. The molecule has 1 amide bonds. The van der Waals surface area contributed by atoms with Crippen LogP contribution >= 0.6 is 96.6 Å². The molecule has 0 atom stereocenters. The molecule has 0 aliphatic heterocycles. The molecule has 0 unspecified atom stereocenters. The van der Waals surface area contributed by atoms with Crippen LogP contribution in [0.15, 0.2) is 415 Å². The molecule has 0 bridgehead atoms. The van der Waals surface area contributed by atoms with Gasteiger partial charge in [-0.05, 0) is 120 Å². The Morgan fingerprint density at radius 2 is 0.631 bits per heavy atom. The van der Waals surface area contributed by atoms with Gasteiger partial charge < -0.3 is 20.1 Å². The largest absolute Gasteiger partial charge is 0.497 e. The van der Waals surface area contributed by atoms with E-state index in [1.54, 1.807) is 165 Å². The zero-order valence-corrected chi connectivity index (χ0v) is 87.1. The highest BCUT2D eigenvalue weighted by Gasteiger charge is 2.41. The zero-order chi connectivity index (χ0) is 107. The van der Waals surface area contributed by atoms with Gasteiger partial charge in [-0.15, -0.1) is 22.7 Å². The Bertz CT molecular complexity index is 8720. The Kier molecular flexibility index (Phi) is 33.0. The van der Waals surface area contributed by atoms with E-state index in [0.29, 0.717) is 43.9 Å². The molecule has 0 radical (unpaired) electrons. The number of fused-ring (bicyclic) bond motifs is 6. The minimum atomic E-state index is -4.05. The smallest absolute Gasteiger partial charge is 0.271 e. The first-order chi connectivity index (χ1) is 71.1.